The monoisotopic (exact) mass is 621 g/mol. The Labute approximate surface area is 272 Å². The van der Waals surface area contributed by atoms with Gasteiger partial charge in [-0.3, -0.25) is 4.79 Å². The van der Waals surface area contributed by atoms with Crippen molar-refractivity contribution in [3.8, 4) is 23.3 Å². The summed E-state index contributed by atoms with van der Waals surface area (Å²) < 4.78 is 5.63. The molecule has 2 aromatic rings. The van der Waals surface area contributed by atoms with Gasteiger partial charge < -0.3 is 15.0 Å². The van der Waals surface area contributed by atoms with Gasteiger partial charge in [-0.1, -0.05) is 51.1 Å². The molecule has 1 heterocycles. The number of ether oxygens (including phenoxy) is 1. The average Bonchev–Trinajstić information content (AvgIpc) is 3.01. The minimum absolute atomic E-state index is 0.0702. The first kappa shape index (κ1) is 31.7. The van der Waals surface area contributed by atoms with Crippen LogP contribution in [0.25, 0.3) is 0 Å². The fourth-order valence-corrected chi connectivity index (χ4v) is 11.1. The van der Waals surface area contributed by atoms with Gasteiger partial charge in [-0.15, -0.1) is 5.54 Å². The summed E-state index contributed by atoms with van der Waals surface area (Å²) in [6.07, 6.45) is 13.6. The highest BCUT2D eigenvalue weighted by atomic mass is 28.3. The van der Waals surface area contributed by atoms with Gasteiger partial charge in [0, 0.05) is 23.7 Å². The number of nitrogens with zero attached hydrogens (tertiary/aromatic N) is 2. The van der Waals surface area contributed by atoms with Gasteiger partial charge >= 0.3 is 0 Å². The molecule has 2 atom stereocenters. The zero-order valence-electron chi connectivity index (χ0n) is 27.8. The largest absolute Gasteiger partial charge is 0.497 e. The zero-order chi connectivity index (χ0) is 31.6. The van der Waals surface area contributed by atoms with Crippen molar-refractivity contribution in [1.82, 2.24) is 4.90 Å². The molecule has 5 nitrogen and oxygen atoms in total. The maximum Gasteiger partial charge on any atom is 0.298 e. The highest BCUT2D eigenvalue weighted by molar-refractivity contribution is 6.85. The number of hydrogen-bond acceptors (Lipinski definition) is 4. The number of carbonyl (C=O) groups excluding carboxylic acids is 1. The maximum atomic E-state index is 14.2. The van der Waals surface area contributed by atoms with E-state index in [1.165, 1.54) is 55.3 Å². The third-order valence-electron chi connectivity index (χ3n) is 11.2. The Kier molecular flexibility index (Phi) is 9.35. The van der Waals surface area contributed by atoms with Gasteiger partial charge in [-0.05, 0) is 128 Å². The molecule has 0 aromatic heterocycles. The zero-order valence-corrected chi connectivity index (χ0v) is 28.8. The summed E-state index contributed by atoms with van der Waals surface area (Å²) in [6.45, 7) is 6.64. The predicted octanol–water partition coefficient (Wildman–Crippen LogP) is 8.66. The quantitative estimate of drug-likeness (QED) is 0.164. The van der Waals surface area contributed by atoms with E-state index in [0.29, 0.717) is 6.42 Å². The predicted molar refractivity (Wildman–Crippen MR) is 185 cm³/mol. The molecule has 6 heteroatoms. The highest BCUT2D eigenvalue weighted by Gasteiger charge is 2.51. The third-order valence-corrected chi connectivity index (χ3v) is 13.6. The number of unbranched alkanes of at least 4 members (excludes halogenated alkanes) is 2. The van der Waals surface area contributed by atoms with Gasteiger partial charge in [-0.25, -0.2) is 0 Å². The molecule has 1 aliphatic heterocycles. The summed E-state index contributed by atoms with van der Waals surface area (Å²) >= 11 is 0. The number of amides is 1. The molecular formula is C39H51N3O2Si. The number of nitriles is 1. The Bertz CT molecular complexity index is 1450. The van der Waals surface area contributed by atoms with Crippen LogP contribution in [0.15, 0.2) is 42.5 Å². The molecule has 0 radical (unpaired) electrons. The minimum atomic E-state index is -1.93. The Morgan fingerprint density at radius 1 is 1.04 bits per heavy atom. The second kappa shape index (κ2) is 13.3. The van der Waals surface area contributed by atoms with E-state index in [1.807, 2.05) is 6.07 Å². The average molecular weight is 622 g/mol. The standard InChI is InChI=1S/C39H51N3O2Si/c1-5-6-9-34-23-32-24-35(44-2)14-15-36(32)38(42(34)37(43)16-19-45(3,4)18-8-7-17-40)31-10-12-33(13-11-31)41-39-25-28-20-29(26-39)22-30(21-28)27-39/h10-15,24,28-30,34,38,41H,5-9,18,20-23,25-27H2,1-4H3/t28?,29?,30?,34-,38-,39?/m0/s1. The van der Waals surface area contributed by atoms with E-state index in [2.05, 4.69) is 84.2 Å². The van der Waals surface area contributed by atoms with E-state index in [-0.39, 0.29) is 23.5 Å². The molecule has 0 unspecified atom stereocenters. The molecule has 4 saturated carbocycles. The van der Waals surface area contributed by atoms with E-state index >= 15 is 0 Å². The van der Waals surface area contributed by atoms with Crippen molar-refractivity contribution in [2.75, 3.05) is 12.4 Å². The normalized spacial score (nSPS) is 28.1. The van der Waals surface area contributed by atoms with Crippen molar-refractivity contribution in [1.29, 1.82) is 5.26 Å². The van der Waals surface area contributed by atoms with Crippen LogP contribution in [0.1, 0.15) is 100 Å². The van der Waals surface area contributed by atoms with Gasteiger partial charge in [0.2, 0.25) is 0 Å². The van der Waals surface area contributed by atoms with Crippen LogP contribution in [-0.4, -0.2) is 37.6 Å². The number of carbonyl (C=O) groups is 1. The molecule has 4 fully saturated rings. The van der Waals surface area contributed by atoms with Crippen LogP contribution >= 0.6 is 0 Å². The van der Waals surface area contributed by atoms with Gasteiger partial charge in [0.1, 0.15) is 13.8 Å². The Hall–Kier alpha value is -3.22. The Balaban J connectivity index is 1.32. The van der Waals surface area contributed by atoms with Gasteiger partial charge in [0.25, 0.3) is 5.91 Å². The first-order valence-electron chi connectivity index (χ1n) is 17.5. The SMILES string of the molecule is CCCC[C@H]1Cc2cc(OC)ccc2[C@H](c2ccc(NC34CC5CC(CC(C5)C3)C4)cc2)N1C(=O)C#C[Si](C)(C)CCCC#N. The number of benzene rings is 2. The van der Waals surface area contributed by atoms with E-state index in [9.17, 15) is 4.79 Å². The number of rotatable bonds is 10. The number of anilines is 1. The second-order valence-electron chi connectivity index (χ2n) is 15.3. The lowest BCUT2D eigenvalue weighted by Gasteiger charge is -2.57. The van der Waals surface area contributed by atoms with Crippen LogP contribution in [0.4, 0.5) is 5.69 Å². The molecule has 7 rings (SSSR count). The van der Waals surface area contributed by atoms with Crippen molar-refractivity contribution < 1.29 is 9.53 Å². The smallest absolute Gasteiger partial charge is 0.298 e. The lowest BCUT2D eigenvalue weighted by Crippen LogP contribution is -2.54. The van der Waals surface area contributed by atoms with Crippen LogP contribution in [0.2, 0.25) is 19.1 Å². The third kappa shape index (κ3) is 6.97. The molecule has 4 aliphatic carbocycles. The lowest BCUT2D eigenvalue weighted by molar-refractivity contribution is -0.130. The molecule has 45 heavy (non-hydrogen) atoms. The molecule has 0 saturated heterocycles. The van der Waals surface area contributed by atoms with E-state index in [0.717, 1.165) is 67.2 Å². The van der Waals surface area contributed by atoms with Gasteiger partial charge in [0.05, 0.1) is 19.2 Å². The van der Waals surface area contributed by atoms with E-state index < -0.39 is 8.07 Å². The van der Waals surface area contributed by atoms with Gasteiger partial charge in [-0.2, -0.15) is 5.26 Å². The van der Waals surface area contributed by atoms with E-state index in [1.54, 1.807) is 7.11 Å². The van der Waals surface area contributed by atoms with Crippen molar-refractivity contribution in [2.24, 2.45) is 17.8 Å². The first-order chi connectivity index (χ1) is 21.7. The first-order valence-corrected chi connectivity index (χ1v) is 20.7. The summed E-state index contributed by atoms with van der Waals surface area (Å²) in [5.41, 5.74) is 8.49. The summed E-state index contributed by atoms with van der Waals surface area (Å²) in [7, 11) is -0.204. The topological polar surface area (TPSA) is 65.4 Å². The molecule has 4 bridgehead atoms. The van der Waals surface area contributed by atoms with Crippen LogP contribution in [-0.2, 0) is 11.2 Å². The maximum absolute atomic E-state index is 14.2. The summed E-state index contributed by atoms with van der Waals surface area (Å²) in [4.78, 5) is 16.3. The van der Waals surface area contributed by atoms with Crippen LogP contribution in [0.3, 0.4) is 0 Å². The van der Waals surface area contributed by atoms with Gasteiger partial charge in [0.15, 0.2) is 0 Å². The van der Waals surface area contributed by atoms with Crippen LogP contribution < -0.4 is 10.1 Å². The van der Waals surface area contributed by atoms with Crippen molar-refractivity contribution in [3.05, 3.63) is 59.2 Å². The second-order valence-corrected chi connectivity index (χ2v) is 19.8. The number of hydrogen-bond donors (Lipinski definition) is 1. The lowest BCUT2D eigenvalue weighted by atomic mass is 9.53. The Morgan fingerprint density at radius 2 is 1.73 bits per heavy atom. The fourth-order valence-electron chi connectivity index (χ4n) is 9.45. The van der Waals surface area contributed by atoms with E-state index in [4.69, 9.17) is 10.00 Å². The molecule has 0 spiro atoms. The summed E-state index contributed by atoms with van der Waals surface area (Å²) in [5, 5.41) is 13.1. The Morgan fingerprint density at radius 3 is 2.36 bits per heavy atom. The molecule has 1 amide bonds. The summed E-state index contributed by atoms with van der Waals surface area (Å²) in [5.74, 6) is 6.65. The van der Waals surface area contributed by atoms with Crippen LogP contribution in [0.5, 0.6) is 5.75 Å². The number of nitrogens with one attached hydrogen (secondary N) is 1. The number of fused-ring (bicyclic) bond motifs is 1. The molecular weight excluding hydrogens is 571 g/mol. The minimum Gasteiger partial charge on any atom is -0.497 e. The highest BCUT2D eigenvalue weighted by Crippen LogP contribution is 2.56. The molecule has 1 N–H and O–H groups in total. The molecule has 5 aliphatic rings. The van der Waals surface area contributed by atoms with Crippen molar-refractivity contribution in [3.63, 3.8) is 0 Å². The summed E-state index contributed by atoms with van der Waals surface area (Å²) in [6, 6.07) is 18.4. The van der Waals surface area contributed by atoms with Crippen molar-refractivity contribution in [2.45, 2.75) is 121 Å². The number of methoxy groups -OCH3 is 1. The van der Waals surface area contributed by atoms with Crippen LogP contribution in [0, 0.1) is 40.5 Å². The molecule has 2 aromatic carbocycles. The fraction of sp³-hybridized carbons (Fsp3) is 0.590. The van der Waals surface area contributed by atoms with Crippen molar-refractivity contribution >= 4 is 19.7 Å². The molecule has 238 valence electrons.